The van der Waals surface area contributed by atoms with Crippen molar-refractivity contribution in [2.75, 3.05) is 34.7 Å². The minimum absolute atomic E-state index is 0.0683. The third-order valence-corrected chi connectivity index (χ3v) is 2.46. The van der Waals surface area contributed by atoms with E-state index < -0.39 is 5.56 Å². The summed E-state index contributed by atoms with van der Waals surface area (Å²) < 4.78 is 0. The van der Waals surface area contributed by atoms with Crippen LogP contribution in [0.15, 0.2) is 4.90 Å². The summed E-state index contributed by atoms with van der Waals surface area (Å²) in [7, 11) is 14.2. The normalized spacial score (nSPS) is 17.7. The molecule has 0 rings (SSSR count). The van der Waals surface area contributed by atoms with Crippen LogP contribution in [-0.4, -0.2) is 66.4 Å². The first-order valence-electron chi connectivity index (χ1n) is 4.80. The molecule has 84 valence electrons. The average molecular weight is 210 g/mol. The van der Waals surface area contributed by atoms with Crippen LogP contribution in [0, 0.1) is 0 Å². The molecule has 0 bridgehead atoms. The zero-order valence-electron chi connectivity index (χ0n) is 9.91. The first-order chi connectivity index (χ1) is 7.05. The third-order valence-electron chi connectivity index (χ3n) is 2.46. The van der Waals surface area contributed by atoms with Crippen LogP contribution in [0.25, 0.3) is 0 Å². The Kier molecular flexibility index (Phi) is 6.95. The molecule has 0 aliphatic rings. The molecule has 0 aliphatic carbocycles. The minimum atomic E-state index is -0.737. The fraction of sp³-hybridized carbons (Fsp3) is 1.00. The van der Waals surface area contributed by atoms with Crippen molar-refractivity contribution in [1.82, 2.24) is 21.0 Å². The standard InChI is InChI=1S/C7H20B2N6/c1-11-7(10,9-12-2)6(5-14-8)15(4)13-3/h6,11,13-14H,5,10H2,1-4H3. The Hall–Kier alpha value is -0.270. The monoisotopic (exact) mass is 210 g/mol. The number of likely N-dealkylation sites (N-methyl/N-ethyl adjacent to an activating group) is 2. The van der Waals surface area contributed by atoms with Gasteiger partial charge in [-0.2, -0.15) is 0 Å². The van der Waals surface area contributed by atoms with Gasteiger partial charge in [-0.05, 0) is 0 Å². The summed E-state index contributed by atoms with van der Waals surface area (Å²) in [6.45, 7) is 0.528. The number of hydrogen-bond acceptors (Lipinski definition) is 6. The molecule has 8 heteroatoms. The van der Waals surface area contributed by atoms with Crippen molar-refractivity contribution in [3.05, 3.63) is 0 Å². The summed E-state index contributed by atoms with van der Waals surface area (Å²) in [6, 6.07) is -0.0683. The van der Waals surface area contributed by atoms with Gasteiger partial charge in [-0.3, -0.25) is 0 Å². The molecular formula is C7H20B2N6. The van der Waals surface area contributed by atoms with Crippen LogP contribution in [0.1, 0.15) is 0 Å². The average Bonchev–Trinajstić information content (AvgIpc) is 2.25. The zero-order valence-corrected chi connectivity index (χ0v) is 9.91. The summed E-state index contributed by atoms with van der Waals surface area (Å²) in [4.78, 5) is 3.96. The Morgan fingerprint density at radius 2 is 2.20 bits per heavy atom. The van der Waals surface area contributed by atoms with Gasteiger partial charge in [0.25, 0.3) is 0 Å². The number of hydrogen-bond donors (Lipinski definition) is 4. The van der Waals surface area contributed by atoms with Gasteiger partial charge in [0, 0.05) is 0 Å². The second-order valence-electron chi connectivity index (χ2n) is 3.33. The van der Waals surface area contributed by atoms with Gasteiger partial charge < -0.3 is 0 Å². The Balaban J connectivity index is 4.83. The van der Waals surface area contributed by atoms with Crippen LogP contribution in [0.3, 0.4) is 0 Å². The van der Waals surface area contributed by atoms with E-state index in [2.05, 4.69) is 20.9 Å². The third kappa shape index (κ3) is 4.00. The van der Waals surface area contributed by atoms with Gasteiger partial charge >= 0.3 is 93.0 Å². The molecule has 0 saturated heterocycles. The van der Waals surface area contributed by atoms with E-state index in [1.165, 1.54) is 0 Å². The molecule has 0 amide bonds. The maximum absolute atomic E-state index is 6.18. The van der Waals surface area contributed by atoms with Gasteiger partial charge in [0.05, 0.1) is 0 Å². The topological polar surface area (TPSA) is 77.7 Å². The molecule has 0 aromatic heterocycles. The molecule has 5 N–H and O–H groups in total. The predicted molar refractivity (Wildman–Crippen MR) is 64.5 cm³/mol. The molecule has 0 aromatic carbocycles. The summed E-state index contributed by atoms with van der Waals surface area (Å²) in [5.41, 5.74) is 8.44. The Morgan fingerprint density at radius 3 is 2.53 bits per heavy atom. The van der Waals surface area contributed by atoms with Crippen molar-refractivity contribution in [1.29, 1.82) is 0 Å². The van der Waals surface area contributed by atoms with Gasteiger partial charge in [0.2, 0.25) is 0 Å². The molecule has 15 heavy (non-hydrogen) atoms. The van der Waals surface area contributed by atoms with Gasteiger partial charge in [0.15, 0.2) is 0 Å². The molecule has 0 saturated carbocycles. The van der Waals surface area contributed by atoms with Crippen molar-refractivity contribution in [2.45, 2.75) is 11.6 Å². The summed E-state index contributed by atoms with van der Waals surface area (Å²) in [5, 5.41) is 7.52. The summed E-state index contributed by atoms with van der Waals surface area (Å²) in [5.74, 6) is 0. The van der Waals surface area contributed by atoms with E-state index in [9.17, 15) is 0 Å². The number of nitrogens with zero attached hydrogens (tertiary/aromatic N) is 2. The van der Waals surface area contributed by atoms with E-state index >= 15 is 0 Å². The van der Waals surface area contributed by atoms with Crippen molar-refractivity contribution in [3.63, 3.8) is 0 Å². The van der Waals surface area contributed by atoms with E-state index in [4.69, 9.17) is 13.7 Å². The fourth-order valence-electron chi connectivity index (χ4n) is 1.42. The quantitative estimate of drug-likeness (QED) is 0.211. The molecule has 2 unspecified atom stereocenters. The molecule has 2 radical (unpaired) electrons. The maximum atomic E-state index is 6.18. The molecular weight excluding hydrogens is 190 g/mol. The Labute approximate surface area is 93.7 Å². The molecule has 2 atom stereocenters. The number of nitrogens with one attached hydrogen (secondary N) is 3. The summed E-state index contributed by atoms with van der Waals surface area (Å²) >= 11 is 0. The fourth-order valence-corrected chi connectivity index (χ4v) is 1.42. The van der Waals surface area contributed by atoms with E-state index in [1.807, 2.05) is 19.1 Å². The molecule has 0 aromatic rings. The van der Waals surface area contributed by atoms with Crippen LogP contribution in [0.2, 0.25) is 0 Å². The number of hydrazine groups is 1. The van der Waals surface area contributed by atoms with Crippen molar-refractivity contribution < 1.29 is 0 Å². The zero-order chi connectivity index (χ0) is 11.9. The number of nitrogens with two attached hydrogens (primary N) is 1. The second-order valence-corrected chi connectivity index (χ2v) is 3.33. The van der Waals surface area contributed by atoms with Gasteiger partial charge in [-0.1, -0.05) is 0 Å². The van der Waals surface area contributed by atoms with Gasteiger partial charge in [-0.25, -0.2) is 0 Å². The van der Waals surface area contributed by atoms with E-state index in [-0.39, 0.29) is 6.04 Å². The molecule has 0 aliphatic heterocycles. The first-order valence-corrected chi connectivity index (χ1v) is 4.80. The van der Waals surface area contributed by atoms with E-state index in [0.29, 0.717) is 6.54 Å². The molecule has 0 heterocycles. The SMILES string of the molecule is [B]NCC(N(C)NC)C(N)(B=NC)NC. The van der Waals surface area contributed by atoms with Crippen LogP contribution < -0.4 is 21.7 Å². The van der Waals surface area contributed by atoms with Crippen LogP contribution >= 0.6 is 0 Å². The molecule has 0 spiro atoms. The molecule has 0 fully saturated rings. The van der Waals surface area contributed by atoms with Crippen LogP contribution in [0.4, 0.5) is 0 Å². The van der Waals surface area contributed by atoms with Crippen molar-refractivity contribution in [2.24, 2.45) is 10.6 Å². The van der Waals surface area contributed by atoms with E-state index in [1.54, 1.807) is 21.2 Å². The van der Waals surface area contributed by atoms with Crippen molar-refractivity contribution in [3.8, 4) is 0 Å². The first kappa shape index (κ1) is 14.7. The Morgan fingerprint density at radius 1 is 1.60 bits per heavy atom. The van der Waals surface area contributed by atoms with Gasteiger partial charge in [-0.15, -0.1) is 0 Å². The van der Waals surface area contributed by atoms with E-state index in [0.717, 1.165) is 0 Å². The second kappa shape index (κ2) is 7.08. The van der Waals surface area contributed by atoms with Crippen molar-refractivity contribution >= 4 is 15.1 Å². The molecule has 6 nitrogen and oxygen atoms in total. The Bertz CT molecular complexity index is 202. The van der Waals surface area contributed by atoms with Crippen LogP contribution in [-0.2, 0) is 0 Å². The predicted octanol–water partition coefficient (Wildman–Crippen LogP) is -2.56. The summed E-state index contributed by atoms with van der Waals surface area (Å²) in [6.07, 6.45) is 0. The van der Waals surface area contributed by atoms with Crippen LogP contribution in [0.5, 0.6) is 0 Å². The number of rotatable bonds is 7. The van der Waals surface area contributed by atoms with Gasteiger partial charge in [0.1, 0.15) is 0 Å².